The van der Waals surface area contributed by atoms with Gasteiger partial charge in [-0.05, 0) is 31.2 Å². The Bertz CT molecular complexity index is 574. The number of ether oxygens (including phenoxy) is 2. The fraction of sp³-hybridized carbons (Fsp3) is 0.571. The van der Waals surface area contributed by atoms with Gasteiger partial charge in [-0.3, -0.25) is 4.79 Å². The minimum atomic E-state index is -0.0537. The largest absolute Gasteiger partial charge is 0.377 e. The van der Waals surface area contributed by atoms with Crippen LogP contribution in [-0.2, 0) is 20.7 Å². The molecule has 4 heteroatoms. The van der Waals surface area contributed by atoms with Gasteiger partial charge in [0.1, 0.15) is 0 Å². The standard InChI is InChI=1S/C21H29NO3/c1-2-14-24-17-21-12-6-15-25-19(21)11-13-22(16-21)20(23)10-9-18-7-4-3-5-8-18/h2-5,7-8,19H,1,6,9-17H2/t19-,21+/m1/s1. The van der Waals surface area contributed by atoms with Gasteiger partial charge >= 0.3 is 0 Å². The Hall–Kier alpha value is -1.65. The summed E-state index contributed by atoms with van der Waals surface area (Å²) in [7, 11) is 0. The normalized spacial score (nSPS) is 26.1. The molecule has 2 atom stereocenters. The van der Waals surface area contributed by atoms with E-state index in [0.717, 1.165) is 45.4 Å². The Balaban J connectivity index is 1.60. The van der Waals surface area contributed by atoms with Gasteiger partial charge in [-0.1, -0.05) is 36.4 Å². The van der Waals surface area contributed by atoms with Gasteiger partial charge in [0.25, 0.3) is 0 Å². The van der Waals surface area contributed by atoms with Gasteiger partial charge in [-0.15, -0.1) is 6.58 Å². The van der Waals surface area contributed by atoms with Gasteiger partial charge in [0.05, 0.1) is 19.3 Å². The molecular weight excluding hydrogens is 314 g/mol. The van der Waals surface area contributed by atoms with E-state index in [4.69, 9.17) is 9.47 Å². The number of aryl methyl sites for hydroxylation is 1. The number of rotatable bonds is 7. The third-order valence-corrected chi connectivity index (χ3v) is 5.44. The second-order valence-corrected chi connectivity index (χ2v) is 7.22. The van der Waals surface area contributed by atoms with Crippen molar-refractivity contribution in [3.05, 3.63) is 48.6 Å². The average Bonchev–Trinajstić information content (AvgIpc) is 2.66. The van der Waals surface area contributed by atoms with Crippen molar-refractivity contribution < 1.29 is 14.3 Å². The molecule has 0 bridgehead atoms. The van der Waals surface area contributed by atoms with E-state index in [2.05, 4.69) is 18.7 Å². The first-order valence-electron chi connectivity index (χ1n) is 9.35. The lowest BCUT2D eigenvalue weighted by Gasteiger charge is -2.50. The van der Waals surface area contributed by atoms with Crippen LogP contribution in [0.25, 0.3) is 0 Å². The molecule has 1 aromatic carbocycles. The molecule has 2 fully saturated rings. The molecule has 3 rings (SSSR count). The number of hydrogen-bond donors (Lipinski definition) is 0. The van der Waals surface area contributed by atoms with Crippen LogP contribution in [0.1, 0.15) is 31.2 Å². The summed E-state index contributed by atoms with van der Waals surface area (Å²) in [6, 6.07) is 10.2. The first-order valence-corrected chi connectivity index (χ1v) is 9.35. The highest BCUT2D eigenvalue weighted by Crippen LogP contribution is 2.40. The number of hydrogen-bond acceptors (Lipinski definition) is 3. The number of fused-ring (bicyclic) bond motifs is 1. The Morgan fingerprint density at radius 3 is 3.04 bits per heavy atom. The van der Waals surface area contributed by atoms with E-state index < -0.39 is 0 Å². The van der Waals surface area contributed by atoms with E-state index in [1.807, 2.05) is 23.1 Å². The third-order valence-electron chi connectivity index (χ3n) is 5.44. The van der Waals surface area contributed by atoms with Gasteiger partial charge in [-0.2, -0.15) is 0 Å². The summed E-state index contributed by atoms with van der Waals surface area (Å²) in [6.07, 6.45) is 6.38. The molecule has 2 heterocycles. The van der Waals surface area contributed by atoms with E-state index in [1.54, 1.807) is 6.08 Å². The Labute approximate surface area is 150 Å². The van der Waals surface area contributed by atoms with E-state index in [-0.39, 0.29) is 17.4 Å². The summed E-state index contributed by atoms with van der Waals surface area (Å²) in [5, 5.41) is 0. The zero-order chi connectivity index (χ0) is 17.5. The Morgan fingerprint density at radius 2 is 2.24 bits per heavy atom. The minimum absolute atomic E-state index is 0.0537. The molecular formula is C21H29NO3. The lowest BCUT2D eigenvalue weighted by molar-refractivity contribution is -0.163. The molecule has 1 aromatic rings. The van der Waals surface area contributed by atoms with Crippen molar-refractivity contribution in [3.8, 4) is 0 Å². The van der Waals surface area contributed by atoms with Crippen molar-refractivity contribution in [2.75, 3.05) is 32.9 Å². The van der Waals surface area contributed by atoms with Crippen molar-refractivity contribution in [1.82, 2.24) is 4.90 Å². The molecule has 0 unspecified atom stereocenters. The first kappa shape index (κ1) is 18.2. The summed E-state index contributed by atoms with van der Waals surface area (Å²) in [5.74, 6) is 0.246. The van der Waals surface area contributed by atoms with Crippen molar-refractivity contribution in [2.24, 2.45) is 5.41 Å². The second kappa shape index (κ2) is 8.63. The van der Waals surface area contributed by atoms with Crippen LogP contribution in [-0.4, -0.2) is 49.8 Å². The Morgan fingerprint density at radius 1 is 1.40 bits per heavy atom. The number of likely N-dealkylation sites (tertiary alicyclic amines) is 1. The van der Waals surface area contributed by atoms with Crippen molar-refractivity contribution in [1.29, 1.82) is 0 Å². The van der Waals surface area contributed by atoms with Gasteiger partial charge < -0.3 is 14.4 Å². The topological polar surface area (TPSA) is 38.8 Å². The number of amides is 1. The summed E-state index contributed by atoms with van der Waals surface area (Å²) < 4.78 is 11.8. The van der Waals surface area contributed by atoms with E-state index in [0.29, 0.717) is 19.6 Å². The van der Waals surface area contributed by atoms with Crippen LogP contribution in [0.4, 0.5) is 0 Å². The summed E-state index contributed by atoms with van der Waals surface area (Å²) >= 11 is 0. The van der Waals surface area contributed by atoms with Crippen LogP contribution >= 0.6 is 0 Å². The minimum Gasteiger partial charge on any atom is -0.377 e. The zero-order valence-corrected chi connectivity index (χ0v) is 15.0. The van der Waals surface area contributed by atoms with Crippen LogP contribution in [0.3, 0.4) is 0 Å². The number of benzene rings is 1. The van der Waals surface area contributed by atoms with E-state index in [1.165, 1.54) is 5.56 Å². The van der Waals surface area contributed by atoms with Crippen LogP contribution < -0.4 is 0 Å². The molecule has 0 saturated carbocycles. The maximum Gasteiger partial charge on any atom is 0.222 e. The molecule has 0 aliphatic carbocycles. The summed E-state index contributed by atoms with van der Waals surface area (Å²) in [5.41, 5.74) is 1.16. The first-order chi connectivity index (χ1) is 12.2. The molecule has 0 radical (unpaired) electrons. The molecule has 25 heavy (non-hydrogen) atoms. The molecule has 0 aromatic heterocycles. The second-order valence-electron chi connectivity index (χ2n) is 7.22. The monoisotopic (exact) mass is 343 g/mol. The number of carbonyl (C=O) groups excluding carboxylic acids is 1. The van der Waals surface area contributed by atoms with Crippen molar-refractivity contribution in [2.45, 2.75) is 38.2 Å². The summed E-state index contributed by atoms with van der Waals surface area (Å²) in [6.45, 7) is 7.29. The molecule has 2 aliphatic heterocycles. The SMILES string of the molecule is C=CCOC[C@@]12CCCO[C@@H]1CCN(C(=O)CCc1ccccc1)C2. The van der Waals surface area contributed by atoms with Crippen LogP contribution in [0, 0.1) is 5.41 Å². The number of nitrogens with zero attached hydrogens (tertiary/aromatic N) is 1. The third kappa shape index (κ3) is 4.50. The van der Waals surface area contributed by atoms with Crippen molar-refractivity contribution in [3.63, 3.8) is 0 Å². The summed E-state index contributed by atoms with van der Waals surface area (Å²) in [4.78, 5) is 14.8. The molecule has 2 aliphatic rings. The van der Waals surface area contributed by atoms with Gasteiger partial charge in [0.2, 0.25) is 5.91 Å². The van der Waals surface area contributed by atoms with Gasteiger partial charge in [0.15, 0.2) is 0 Å². The molecule has 2 saturated heterocycles. The maximum absolute atomic E-state index is 12.7. The highest BCUT2D eigenvalue weighted by atomic mass is 16.5. The van der Waals surface area contributed by atoms with Crippen LogP contribution in [0.15, 0.2) is 43.0 Å². The fourth-order valence-corrected chi connectivity index (χ4v) is 4.11. The van der Waals surface area contributed by atoms with Crippen LogP contribution in [0.2, 0.25) is 0 Å². The van der Waals surface area contributed by atoms with Crippen LogP contribution in [0.5, 0.6) is 0 Å². The molecule has 136 valence electrons. The smallest absolute Gasteiger partial charge is 0.222 e. The van der Waals surface area contributed by atoms with E-state index >= 15 is 0 Å². The predicted octanol–water partition coefficient (Wildman–Crippen LogP) is 3.22. The highest BCUT2D eigenvalue weighted by Gasteiger charge is 2.47. The fourth-order valence-electron chi connectivity index (χ4n) is 4.11. The quantitative estimate of drug-likeness (QED) is 0.564. The van der Waals surface area contributed by atoms with Gasteiger partial charge in [-0.25, -0.2) is 0 Å². The highest BCUT2D eigenvalue weighted by molar-refractivity contribution is 5.76. The number of carbonyl (C=O) groups is 1. The number of piperidine rings is 1. The predicted molar refractivity (Wildman–Crippen MR) is 98.4 cm³/mol. The molecule has 1 amide bonds. The Kier molecular flexibility index (Phi) is 6.27. The van der Waals surface area contributed by atoms with Crippen molar-refractivity contribution >= 4 is 5.91 Å². The average molecular weight is 343 g/mol. The molecule has 0 spiro atoms. The van der Waals surface area contributed by atoms with E-state index in [9.17, 15) is 4.79 Å². The lowest BCUT2D eigenvalue weighted by Crippen LogP contribution is -2.58. The lowest BCUT2D eigenvalue weighted by atomic mass is 9.73. The maximum atomic E-state index is 12.7. The zero-order valence-electron chi connectivity index (χ0n) is 15.0. The molecule has 4 nitrogen and oxygen atoms in total. The van der Waals surface area contributed by atoms with Gasteiger partial charge in [0, 0.05) is 31.5 Å². The molecule has 0 N–H and O–H groups in total.